The number of carbonyl (C=O) groups excluding carboxylic acids is 3. The number of rotatable bonds is 3. The zero-order chi connectivity index (χ0) is 20.0. The molecule has 2 aromatic carbocycles. The molecule has 0 aliphatic carbocycles. The number of nitrogens with zero attached hydrogens (tertiary/aromatic N) is 1. The summed E-state index contributed by atoms with van der Waals surface area (Å²) in [4.78, 5) is 40.9. The second kappa shape index (κ2) is 6.78. The number of para-hydroxylation sites is 1. The van der Waals surface area contributed by atoms with Crippen molar-refractivity contribution in [2.45, 2.75) is 19.0 Å². The fourth-order valence-corrected chi connectivity index (χ4v) is 4.66. The van der Waals surface area contributed by atoms with Gasteiger partial charge >= 0.3 is 11.9 Å². The zero-order valence-corrected chi connectivity index (χ0v) is 15.9. The lowest BCUT2D eigenvalue weighted by molar-refractivity contribution is -0.156. The quantitative estimate of drug-likeness (QED) is 0.764. The summed E-state index contributed by atoms with van der Waals surface area (Å²) in [6, 6.07) is 13.6. The molecule has 0 unspecified atom stereocenters. The monoisotopic (exact) mass is 379 g/mol. The van der Waals surface area contributed by atoms with Gasteiger partial charge in [0.05, 0.1) is 26.2 Å². The van der Waals surface area contributed by atoms with Gasteiger partial charge in [0.2, 0.25) is 0 Å². The number of methoxy groups -OCH3 is 2. The number of aryl methyl sites for hydroxylation is 1. The summed E-state index contributed by atoms with van der Waals surface area (Å²) in [7, 11) is 2.57. The number of ether oxygens (including phenoxy) is 2. The minimum atomic E-state index is -0.943. The maximum absolute atomic E-state index is 13.5. The van der Waals surface area contributed by atoms with E-state index in [1.54, 1.807) is 12.1 Å². The topological polar surface area (TPSA) is 72.9 Å². The molecule has 1 saturated heterocycles. The second-order valence-electron chi connectivity index (χ2n) is 7.13. The highest BCUT2D eigenvalue weighted by molar-refractivity contribution is 6.10. The molecule has 2 heterocycles. The first-order valence-electron chi connectivity index (χ1n) is 9.14. The second-order valence-corrected chi connectivity index (χ2v) is 7.13. The first kappa shape index (κ1) is 18.2. The minimum absolute atomic E-state index is 0.183. The van der Waals surface area contributed by atoms with Gasteiger partial charge in [0.25, 0.3) is 0 Å². The third kappa shape index (κ3) is 2.44. The third-order valence-electron chi connectivity index (χ3n) is 5.82. The molecule has 2 aliphatic rings. The van der Waals surface area contributed by atoms with Gasteiger partial charge in [-0.3, -0.25) is 14.4 Å². The summed E-state index contributed by atoms with van der Waals surface area (Å²) in [5.41, 5.74) is 3.05. The Labute approximate surface area is 163 Å². The normalized spacial score (nSPS) is 25.2. The molecule has 0 amide bonds. The molecule has 0 saturated carbocycles. The van der Waals surface area contributed by atoms with E-state index in [1.165, 1.54) is 14.2 Å². The average Bonchev–Trinajstić information content (AvgIpc) is 3.02. The molecule has 4 rings (SSSR count). The van der Waals surface area contributed by atoms with Gasteiger partial charge < -0.3 is 14.4 Å². The number of hydrogen-bond acceptors (Lipinski definition) is 6. The van der Waals surface area contributed by atoms with Crippen LogP contribution in [0.5, 0.6) is 0 Å². The van der Waals surface area contributed by atoms with Crippen molar-refractivity contribution in [3.05, 3.63) is 65.2 Å². The largest absolute Gasteiger partial charge is 0.469 e. The number of fused-ring (bicyclic) bond motifs is 4. The number of benzene rings is 2. The molecular formula is C22H21NO5. The zero-order valence-electron chi connectivity index (χ0n) is 15.9. The Morgan fingerprint density at radius 2 is 1.43 bits per heavy atom. The molecular weight excluding hydrogens is 358 g/mol. The first-order chi connectivity index (χ1) is 13.5. The van der Waals surface area contributed by atoms with Crippen LogP contribution in [0.4, 0.5) is 5.69 Å². The van der Waals surface area contributed by atoms with Crippen LogP contribution in [-0.4, -0.2) is 38.0 Å². The van der Waals surface area contributed by atoms with E-state index in [4.69, 9.17) is 9.47 Å². The SMILES string of the molecule is COC(=O)[C@H]1[C@H](C(=O)OC)[C@H]2c3ccccc3C(=O)[C@H]1N2c1ccccc1C. The highest BCUT2D eigenvalue weighted by Crippen LogP contribution is 2.53. The van der Waals surface area contributed by atoms with Crippen molar-refractivity contribution in [1.82, 2.24) is 0 Å². The summed E-state index contributed by atoms with van der Waals surface area (Å²) in [5, 5.41) is 0. The van der Waals surface area contributed by atoms with Crippen LogP contribution in [0.25, 0.3) is 0 Å². The smallest absolute Gasteiger partial charge is 0.312 e. The summed E-state index contributed by atoms with van der Waals surface area (Å²) in [5.74, 6) is -3.07. The van der Waals surface area contributed by atoms with Crippen LogP contribution in [0.3, 0.4) is 0 Å². The number of anilines is 1. The molecule has 6 heteroatoms. The van der Waals surface area contributed by atoms with Crippen molar-refractivity contribution in [2.75, 3.05) is 19.1 Å². The van der Waals surface area contributed by atoms with Gasteiger partial charge in [0, 0.05) is 11.3 Å². The third-order valence-corrected chi connectivity index (χ3v) is 5.82. The van der Waals surface area contributed by atoms with Gasteiger partial charge in [-0.25, -0.2) is 0 Å². The Balaban J connectivity index is 2.01. The molecule has 1 fully saturated rings. The van der Waals surface area contributed by atoms with Crippen molar-refractivity contribution >= 4 is 23.4 Å². The molecule has 6 nitrogen and oxygen atoms in total. The van der Waals surface area contributed by atoms with Crippen LogP contribution in [-0.2, 0) is 19.1 Å². The van der Waals surface area contributed by atoms with Crippen molar-refractivity contribution in [1.29, 1.82) is 0 Å². The fraction of sp³-hybridized carbons (Fsp3) is 0.318. The molecule has 2 aliphatic heterocycles. The van der Waals surface area contributed by atoms with E-state index in [2.05, 4.69) is 0 Å². The van der Waals surface area contributed by atoms with Crippen LogP contribution in [0.15, 0.2) is 48.5 Å². The van der Waals surface area contributed by atoms with E-state index in [9.17, 15) is 14.4 Å². The predicted octanol–water partition coefficient (Wildman–Crippen LogP) is 2.70. The van der Waals surface area contributed by atoms with Crippen molar-refractivity contribution < 1.29 is 23.9 Å². The van der Waals surface area contributed by atoms with Gasteiger partial charge in [-0.05, 0) is 24.1 Å². The number of hydrogen-bond donors (Lipinski definition) is 0. The van der Waals surface area contributed by atoms with Crippen molar-refractivity contribution in [2.24, 2.45) is 11.8 Å². The van der Waals surface area contributed by atoms with E-state index in [-0.39, 0.29) is 5.78 Å². The van der Waals surface area contributed by atoms with E-state index < -0.39 is 35.9 Å². The summed E-state index contributed by atoms with van der Waals surface area (Å²) in [6.45, 7) is 1.94. The van der Waals surface area contributed by atoms with Crippen LogP contribution in [0.1, 0.15) is 27.5 Å². The molecule has 0 spiro atoms. The average molecular weight is 379 g/mol. The molecule has 28 heavy (non-hydrogen) atoms. The maximum Gasteiger partial charge on any atom is 0.312 e. The van der Waals surface area contributed by atoms with Gasteiger partial charge in [-0.15, -0.1) is 0 Å². The Bertz CT molecular complexity index is 969. The van der Waals surface area contributed by atoms with Crippen LogP contribution < -0.4 is 4.90 Å². The Kier molecular flexibility index (Phi) is 4.41. The van der Waals surface area contributed by atoms with E-state index in [1.807, 2.05) is 48.2 Å². The number of ketones is 1. The standard InChI is InChI=1S/C22H21NO5/c1-12-8-4-7-11-15(12)23-18-13-9-5-6-10-14(13)20(24)19(23)17(22(26)28-3)16(18)21(25)27-2/h4-11,16-19H,1-3H3/t16-,17-,18+,19-/m0/s1. The van der Waals surface area contributed by atoms with Gasteiger partial charge in [0.1, 0.15) is 12.0 Å². The molecule has 2 bridgehead atoms. The molecule has 0 radical (unpaired) electrons. The van der Waals surface area contributed by atoms with Gasteiger partial charge in [0.15, 0.2) is 5.78 Å². The van der Waals surface area contributed by atoms with Gasteiger partial charge in [-0.2, -0.15) is 0 Å². The summed E-state index contributed by atoms with van der Waals surface area (Å²) < 4.78 is 10.1. The molecule has 2 aromatic rings. The number of carbonyl (C=O) groups is 3. The fourth-order valence-electron chi connectivity index (χ4n) is 4.66. The maximum atomic E-state index is 13.5. The number of Topliss-reactive ketones (excluding diaryl/α,β-unsaturated/α-hetero) is 1. The van der Waals surface area contributed by atoms with E-state index >= 15 is 0 Å². The molecule has 4 atom stereocenters. The predicted molar refractivity (Wildman–Crippen MR) is 102 cm³/mol. The van der Waals surface area contributed by atoms with Crippen molar-refractivity contribution in [3.63, 3.8) is 0 Å². The molecule has 144 valence electrons. The summed E-state index contributed by atoms with van der Waals surface area (Å²) >= 11 is 0. The highest BCUT2D eigenvalue weighted by Gasteiger charge is 2.62. The Morgan fingerprint density at radius 3 is 2.07 bits per heavy atom. The molecule has 0 N–H and O–H groups in total. The summed E-state index contributed by atoms with van der Waals surface area (Å²) in [6.07, 6.45) is 0. The lowest BCUT2D eigenvalue weighted by Crippen LogP contribution is -2.46. The van der Waals surface area contributed by atoms with Gasteiger partial charge in [-0.1, -0.05) is 42.5 Å². The van der Waals surface area contributed by atoms with Crippen LogP contribution in [0, 0.1) is 18.8 Å². The number of esters is 2. The lowest BCUT2D eigenvalue weighted by Gasteiger charge is -2.38. The van der Waals surface area contributed by atoms with E-state index in [0.29, 0.717) is 5.56 Å². The highest BCUT2D eigenvalue weighted by atomic mass is 16.5. The first-order valence-corrected chi connectivity index (χ1v) is 9.14. The minimum Gasteiger partial charge on any atom is -0.469 e. The van der Waals surface area contributed by atoms with Crippen LogP contribution >= 0.6 is 0 Å². The Morgan fingerprint density at radius 1 is 0.857 bits per heavy atom. The lowest BCUT2D eigenvalue weighted by atomic mass is 9.86. The molecule has 0 aromatic heterocycles. The van der Waals surface area contributed by atoms with E-state index in [0.717, 1.165) is 16.8 Å². The van der Waals surface area contributed by atoms with Crippen LogP contribution in [0.2, 0.25) is 0 Å². The Hall–Kier alpha value is -3.15. The van der Waals surface area contributed by atoms with Crippen molar-refractivity contribution in [3.8, 4) is 0 Å².